The number of pyridine rings is 1. The molecule has 1 aliphatic rings. The fourth-order valence-electron chi connectivity index (χ4n) is 3.66. The number of amides is 3. The molecule has 1 atom stereocenters. The van der Waals surface area contributed by atoms with Gasteiger partial charge < -0.3 is 15.5 Å². The van der Waals surface area contributed by atoms with Crippen LogP contribution < -0.4 is 10.6 Å². The second kappa shape index (κ2) is 7.90. The zero-order chi connectivity index (χ0) is 20.4. The summed E-state index contributed by atoms with van der Waals surface area (Å²) < 4.78 is 1.94. The van der Waals surface area contributed by atoms with Crippen LogP contribution in [0.1, 0.15) is 48.9 Å². The summed E-state index contributed by atoms with van der Waals surface area (Å²) in [7, 11) is 0. The van der Waals surface area contributed by atoms with Crippen LogP contribution in [0.25, 0.3) is 5.65 Å². The fourth-order valence-corrected chi connectivity index (χ4v) is 3.66. The quantitative estimate of drug-likeness (QED) is 0.713. The predicted molar refractivity (Wildman–Crippen MR) is 110 cm³/mol. The van der Waals surface area contributed by atoms with E-state index in [9.17, 15) is 9.59 Å². The SMILES string of the molecule is CC(C)NC(=O)Nc1ccc(C(=O)N2CCCC2c2nnc3ccccn23)cc1. The third-order valence-corrected chi connectivity index (χ3v) is 4.96. The Bertz CT molecular complexity index is 1030. The number of carbonyl (C=O) groups excluding carboxylic acids is 2. The minimum Gasteiger partial charge on any atom is -0.336 e. The number of carbonyl (C=O) groups is 2. The number of aromatic nitrogens is 3. The Morgan fingerprint density at radius 1 is 1.10 bits per heavy atom. The Labute approximate surface area is 168 Å². The zero-order valence-corrected chi connectivity index (χ0v) is 16.5. The molecule has 29 heavy (non-hydrogen) atoms. The van der Waals surface area contributed by atoms with Gasteiger partial charge >= 0.3 is 6.03 Å². The van der Waals surface area contributed by atoms with E-state index in [1.807, 2.05) is 47.5 Å². The molecule has 8 nitrogen and oxygen atoms in total. The number of nitrogens with zero attached hydrogens (tertiary/aromatic N) is 4. The monoisotopic (exact) mass is 392 g/mol. The fraction of sp³-hybridized carbons (Fsp3) is 0.333. The lowest BCUT2D eigenvalue weighted by Gasteiger charge is -2.23. The van der Waals surface area contributed by atoms with Gasteiger partial charge in [-0.05, 0) is 63.1 Å². The van der Waals surface area contributed by atoms with Crippen molar-refractivity contribution >= 4 is 23.3 Å². The number of hydrogen-bond donors (Lipinski definition) is 2. The molecular formula is C21H24N6O2. The molecule has 0 bridgehead atoms. The second-order valence-electron chi connectivity index (χ2n) is 7.47. The summed E-state index contributed by atoms with van der Waals surface area (Å²) in [6.45, 7) is 4.47. The van der Waals surface area contributed by atoms with Gasteiger partial charge in [0.15, 0.2) is 11.5 Å². The first-order valence-electron chi connectivity index (χ1n) is 9.81. The molecule has 1 unspecified atom stereocenters. The number of urea groups is 1. The average Bonchev–Trinajstić information content (AvgIpc) is 3.34. The maximum Gasteiger partial charge on any atom is 0.319 e. The Morgan fingerprint density at radius 3 is 2.66 bits per heavy atom. The number of likely N-dealkylation sites (tertiary alicyclic amines) is 1. The van der Waals surface area contributed by atoms with Crippen molar-refractivity contribution in [2.24, 2.45) is 0 Å². The number of fused-ring (bicyclic) bond motifs is 1. The first-order valence-corrected chi connectivity index (χ1v) is 9.81. The van der Waals surface area contributed by atoms with E-state index in [4.69, 9.17) is 0 Å². The number of nitrogens with one attached hydrogen (secondary N) is 2. The van der Waals surface area contributed by atoms with Crippen LogP contribution in [0.15, 0.2) is 48.7 Å². The molecule has 4 rings (SSSR count). The van der Waals surface area contributed by atoms with E-state index in [1.54, 1.807) is 24.3 Å². The van der Waals surface area contributed by atoms with Gasteiger partial charge in [-0.1, -0.05) is 6.07 Å². The molecule has 150 valence electrons. The van der Waals surface area contributed by atoms with Crippen molar-refractivity contribution in [2.45, 2.75) is 38.8 Å². The van der Waals surface area contributed by atoms with Crippen LogP contribution in [0.5, 0.6) is 0 Å². The van der Waals surface area contributed by atoms with Gasteiger partial charge in [-0.25, -0.2) is 4.79 Å². The molecule has 8 heteroatoms. The lowest BCUT2D eigenvalue weighted by Crippen LogP contribution is -2.34. The highest BCUT2D eigenvalue weighted by molar-refractivity contribution is 5.96. The summed E-state index contributed by atoms with van der Waals surface area (Å²) in [6, 6.07) is 12.4. The molecule has 2 aromatic heterocycles. The van der Waals surface area contributed by atoms with Crippen molar-refractivity contribution in [3.63, 3.8) is 0 Å². The number of benzene rings is 1. The van der Waals surface area contributed by atoms with Gasteiger partial charge in [0.25, 0.3) is 5.91 Å². The smallest absolute Gasteiger partial charge is 0.319 e. The van der Waals surface area contributed by atoms with Crippen LogP contribution in [-0.4, -0.2) is 44.0 Å². The Hall–Kier alpha value is -3.42. The normalized spacial score (nSPS) is 16.4. The summed E-state index contributed by atoms with van der Waals surface area (Å²) in [5.41, 5.74) is 2.00. The van der Waals surface area contributed by atoms with Gasteiger partial charge in [0.1, 0.15) is 0 Å². The van der Waals surface area contributed by atoms with E-state index in [1.165, 1.54) is 0 Å². The Balaban J connectivity index is 1.50. The van der Waals surface area contributed by atoms with Crippen LogP contribution in [0.2, 0.25) is 0 Å². The number of rotatable bonds is 4. The van der Waals surface area contributed by atoms with Crippen molar-refractivity contribution in [3.8, 4) is 0 Å². The lowest BCUT2D eigenvalue weighted by atomic mass is 10.1. The molecule has 0 saturated carbocycles. The van der Waals surface area contributed by atoms with Crippen LogP contribution in [0.4, 0.5) is 10.5 Å². The van der Waals surface area contributed by atoms with E-state index >= 15 is 0 Å². The summed E-state index contributed by atoms with van der Waals surface area (Å²) in [5.74, 6) is 0.744. The second-order valence-corrected chi connectivity index (χ2v) is 7.47. The van der Waals surface area contributed by atoms with Gasteiger partial charge in [0, 0.05) is 30.0 Å². The van der Waals surface area contributed by atoms with Crippen LogP contribution >= 0.6 is 0 Å². The lowest BCUT2D eigenvalue weighted by molar-refractivity contribution is 0.0729. The first-order chi connectivity index (χ1) is 14.0. The van der Waals surface area contributed by atoms with Gasteiger partial charge in [0.05, 0.1) is 6.04 Å². The number of hydrogen-bond acceptors (Lipinski definition) is 4. The van der Waals surface area contributed by atoms with Crippen molar-refractivity contribution in [3.05, 3.63) is 60.0 Å². The molecule has 1 aromatic carbocycles. The highest BCUT2D eigenvalue weighted by Crippen LogP contribution is 2.32. The molecule has 1 saturated heterocycles. The molecule has 3 heterocycles. The molecule has 0 radical (unpaired) electrons. The van der Waals surface area contributed by atoms with E-state index in [-0.39, 0.29) is 24.0 Å². The molecule has 0 aliphatic carbocycles. The standard InChI is InChI=1S/C21H24N6O2/c1-14(2)22-21(29)23-16-10-8-15(9-11-16)20(28)26-13-5-6-17(26)19-25-24-18-7-3-4-12-27(18)19/h3-4,7-12,14,17H,5-6,13H2,1-2H3,(H2,22,23,29). The third-order valence-electron chi connectivity index (χ3n) is 4.96. The van der Waals surface area contributed by atoms with Gasteiger partial charge in [0.2, 0.25) is 0 Å². The summed E-state index contributed by atoms with van der Waals surface area (Å²) >= 11 is 0. The summed E-state index contributed by atoms with van der Waals surface area (Å²) in [6.07, 6.45) is 3.71. The van der Waals surface area contributed by atoms with E-state index < -0.39 is 0 Å². The maximum absolute atomic E-state index is 13.1. The van der Waals surface area contributed by atoms with Gasteiger partial charge in [-0.15, -0.1) is 10.2 Å². The Morgan fingerprint density at radius 2 is 1.90 bits per heavy atom. The van der Waals surface area contributed by atoms with Crippen molar-refractivity contribution in [1.82, 2.24) is 24.8 Å². The maximum atomic E-state index is 13.1. The first kappa shape index (κ1) is 18.9. The van der Waals surface area contributed by atoms with Crippen LogP contribution in [0.3, 0.4) is 0 Å². The molecule has 1 aliphatic heterocycles. The highest BCUT2D eigenvalue weighted by Gasteiger charge is 2.33. The minimum atomic E-state index is -0.266. The third kappa shape index (κ3) is 3.91. The van der Waals surface area contributed by atoms with Crippen molar-refractivity contribution in [1.29, 1.82) is 0 Å². The molecule has 1 fully saturated rings. The Kier molecular flexibility index (Phi) is 5.16. The topological polar surface area (TPSA) is 91.6 Å². The van der Waals surface area contributed by atoms with Crippen LogP contribution in [-0.2, 0) is 0 Å². The molecule has 0 spiro atoms. The average molecular weight is 392 g/mol. The van der Waals surface area contributed by atoms with Gasteiger partial charge in [-0.2, -0.15) is 0 Å². The van der Waals surface area contributed by atoms with Crippen molar-refractivity contribution in [2.75, 3.05) is 11.9 Å². The minimum absolute atomic E-state index is 0.0432. The zero-order valence-electron chi connectivity index (χ0n) is 16.5. The molecule has 2 N–H and O–H groups in total. The van der Waals surface area contributed by atoms with E-state index in [0.717, 1.165) is 24.3 Å². The van der Waals surface area contributed by atoms with E-state index in [2.05, 4.69) is 20.8 Å². The highest BCUT2D eigenvalue weighted by atomic mass is 16.2. The molecule has 3 amide bonds. The molecule has 3 aromatic rings. The summed E-state index contributed by atoms with van der Waals surface area (Å²) in [5, 5.41) is 14.1. The number of anilines is 1. The van der Waals surface area contributed by atoms with Gasteiger partial charge in [-0.3, -0.25) is 9.20 Å². The van der Waals surface area contributed by atoms with Crippen LogP contribution in [0, 0.1) is 0 Å². The largest absolute Gasteiger partial charge is 0.336 e. The predicted octanol–water partition coefficient (Wildman–Crippen LogP) is 3.24. The van der Waals surface area contributed by atoms with E-state index in [0.29, 0.717) is 17.8 Å². The molecular weight excluding hydrogens is 368 g/mol. The summed E-state index contributed by atoms with van der Waals surface area (Å²) in [4.78, 5) is 26.8. The van der Waals surface area contributed by atoms with Crippen molar-refractivity contribution < 1.29 is 9.59 Å².